The Hall–Kier alpha value is -3.05. The molecule has 2 aromatic heterocycles. The Kier molecular flexibility index (Phi) is 6.11. The molecule has 168 valence electrons. The number of carbonyl (C=O) groups excluding carboxylic acids is 1. The number of nitrogens with zero attached hydrogens (tertiary/aromatic N) is 5. The Morgan fingerprint density at radius 2 is 1.88 bits per heavy atom. The fraction of sp³-hybridized carbons (Fsp3) is 0.333. The van der Waals surface area contributed by atoms with Crippen LogP contribution in [0.3, 0.4) is 0 Å². The maximum absolute atomic E-state index is 12.9. The van der Waals surface area contributed by atoms with E-state index in [9.17, 15) is 18.0 Å². The lowest BCUT2D eigenvalue weighted by molar-refractivity contribution is -0.141. The second-order valence-corrected chi connectivity index (χ2v) is 8.63. The van der Waals surface area contributed by atoms with Crippen LogP contribution in [0, 0.1) is 6.92 Å². The van der Waals surface area contributed by atoms with Gasteiger partial charge >= 0.3 is 6.18 Å². The normalized spacial score (nSPS) is 15.1. The summed E-state index contributed by atoms with van der Waals surface area (Å²) in [5, 5.41) is 3.25. The fourth-order valence-corrected chi connectivity index (χ4v) is 4.23. The van der Waals surface area contributed by atoms with Crippen LogP contribution < -0.4 is 5.32 Å². The summed E-state index contributed by atoms with van der Waals surface area (Å²) in [6.45, 7) is 4.86. The van der Waals surface area contributed by atoms with E-state index < -0.39 is 11.9 Å². The average molecular weight is 463 g/mol. The van der Waals surface area contributed by atoms with Crippen molar-refractivity contribution in [3.63, 3.8) is 0 Å². The highest BCUT2D eigenvalue weighted by Crippen LogP contribution is 2.32. The molecule has 1 aliphatic rings. The molecule has 4 rings (SSSR count). The van der Waals surface area contributed by atoms with E-state index in [1.807, 2.05) is 20.0 Å². The van der Waals surface area contributed by atoms with Crippen LogP contribution in [0.4, 0.5) is 24.8 Å². The van der Waals surface area contributed by atoms with Gasteiger partial charge in [-0.05, 0) is 43.3 Å². The number of hydrogen-bond acceptors (Lipinski definition) is 7. The Balaban J connectivity index is 1.54. The molecule has 1 aliphatic heterocycles. The minimum Gasteiger partial charge on any atom is -0.334 e. The highest BCUT2D eigenvalue weighted by molar-refractivity contribution is 7.16. The van der Waals surface area contributed by atoms with E-state index in [0.29, 0.717) is 23.8 Å². The molecule has 0 spiro atoms. The average Bonchev–Trinajstić information content (AvgIpc) is 3.23. The molecule has 1 saturated heterocycles. The van der Waals surface area contributed by atoms with Gasteiger partial charge in [0.15, 0.2) is 5.01 Å². The number of nitrogens with one attached hydrogen (secondary N) is 1. The number of halogens is 3. The molecule has 0 radical (unpaired) electrons. The molecule has 1 amide bonds. The number of piperazine rings is 1. The van der Waals surface area contributed by atoms with Crippen molar-refractivity contribution in [2.45, 2.75) is 13.1 Å². The van der Waals surface area contributed by atoms with Crippen molar-refractivity contribution in [1.29, 1.82) is 0 Å². The van der Waals surface area contributed by atoms with Gasteiger partial charge in [-0.25, -0.2) is 15.0 Å². The number of carbonyl (C=O) groups is 1. The predicted molar refractivity (Wildman–Crippen MR) is 116 cm³/mol. The first kappa shape index (κ1) is 22.2. The van der Waals surface area contributed by atoms with Gasteiger partial charge in [-0.3, -0.25) is 4.79 Å². The number of amides is 1. The van der Waals surface area contributed by atoms with E-state index in [2.05, 4.69) is 25.2 Å². The van der Waals surface area contributed by atoms with E-state index in [1.54, 1.807) is 23.2 Å². The monoisotopic (exact) mass is 462 g/mol. The first-order chi connectivity index (χ1) is 15.2. The number of anilines is 2. The first-order valence-corrected chi connectivity index (χ1v) is 10.7. The molecule has 0 aliphatic carbocycles. The molecule has 1 aromatic carbocycles. The fourth-order valence-electron chi connectivity index (χ4n) is 3.35. The summed E-state index contributed by atoms with van der Waals surface area (Å²) >= 11 is 1.29. The Morgan fingerprint density at radius 3 is 2.59 bits per heavy atom. The van der Waals surface area contributed by atoms with E-state index in [4.69, 9.17) is 0 Å². The van der Waals surface area contributed by atoms with Crippen molar-refractivity contribution < 1.29 is 18.0 Å². The third-order valence-corrected chi connectivity index (χ3v) is 6.08. The topological polar surface area (TPSA) is 74.2 Å². The van der Waals surface area contributed by atoms with Gasteiger partial charge in [-0.15, -0.1) is 11.3 Å². The van der Waals surface area contributed by atoms with Gasteiger partial charge in [-0.1, -0.05) is 6.07 Å². The molecule has 11 heteroatoms. The minimum atomic E-state index is -4.55. The Labute approximate surface area is 186 Å². The van der Waals surface area contributed by atoms with Gasteiger partial charge in [0.2, 0.25) is 5.95 Å². The molecule has 3 heterocycles. The van der Waals surface area contributed by atoms with Crippen molar-refractivity contribution in [3.8, 4) is 10.4 Å². The van der Waals surface area contributed by atoms with Crippen molar-refractivity contribution in [2.75, 3.05) is 38.5 Å². The van der Waals surface area contributed by atoms with E-state index in [1.165, 1.54) is 11.3 Å². The van der Waals surface area contributed by atoms with Crippen LogP contribution in [0.1, 0.15) is 21.1 Å². The van der Waals surface area contributed by atoms with Crippen LogP contribution in [-0.2, 0) is 6.18 Å². The number of hydrogen-bond donors (Lipinski definition) is 1. The van der Waals surface area contributed by atoms with E-state index in [0.717, 1.165) is 41.4 Å². The summed E-state index contributed by atoms with van der Waals surface area (Å²) < 4.78 is 38.8. The van der Waals surface area contributed by atoms with Crippen LogP contribution in [0.15, 0.2) is 36.7 Å². The Morgan fingerprint density at radius 1 is 1.12 bits per heavy atom. The van der Waals surface area contributed by atoms with Gasteiger partial charge in [-0.2, -0.15) is 13.2 Å². The summed E-state index contributed by atoms with van der Waals surface area (Å²) in [5.74, 6) is -0.232. The lowest BCUT2D eigenvalue weighted by Gasteiger charge is -2.31. The first-order valence-electron chi connectivity index (χ1n) is 9.92. The molecular weight excluding hydrogens is 441 g/mol. The highest BCUT2D eigenvalue weighted by atomic mass is 32.1. The van der Waals surface area contributed by atoms with Crippen molar-refractivity contribution >= 4 is 28.9 Å². The lowest BCUT2D eigenvalue weighted by atomic mass is 10.1. The second kappa shape index (κ2) is 8.83. The van der Waals surface area contributed by atoms with Gasteiger partial charge in [0, 0.05) is 44.3 Å². The van der Waals surface area contributed by atoms with Crippen LogP contribution in [0.5, 0.6) is 0 Å². The minimum absolute atomic E-state index is 0.0854. The Bertz CT molecular complexity index is 1120. The quantitative estimate of drug-likeness (QED) is 0.631. The number of alkyl halides is 3. The number of rotatable bonds is 4. The summed E-state index contributed by atoms with van der Waals surface area (Å²) in [4.78, 5) is 29.3. The van der Waals surface area contributed by atoms with E-state index in [-0.39, 0.29) is 11.9 Å². The zero-order chi connectivity index (χ0) is 22.9. The van der Waals surface area contributed by atoms with Crippen molar-refractivity contribution in [3.05, 3.63) is 52.9 Å². The van der Waals surface area contributed by atoms with Gasteiger partial charge < -0.3 is 15.1 Å². The molecule has 1 fully saturated rings. The molecular formula is C21H21F3N6OS. The molecule has 3 aromatic rings. The van der Waals surface area contributed by atoms with Gasteiger partial charge in [0.25, 0.3) is 5.91 Å². The van der Waals surface area contributed by atoms with Crippen LogP contribution in [0.2, 0.25) is 0 Å². The number of aryl methyl sites for hydroxylation is 1. The number of thiazole rings is 1. The van der Waals surface area contributed by atoms with Crippen LogP contribution in [-0.4, -0.2) is 63.9 Å². The zero-order valence-corrected chi connectivity index (χ0v) is 18.3. The smallest absolute Gasteiger partial charge is 0.334 e. The lowest BCUT2D eigenvalue weighted by Crippen LogP contribution is -2.47. The van der Waals surface area contributed by atoms with Crippen molar-refractivity contribution in [2.24, 2.45) is 0 Å². The van der Waals surface area contributed by atoms with Crippen LogP contribution in [0.25, 0.3) is 10.4 Å². The van der Waals surface area contributed by atoms with Crippen molar-refractivity contribution in [1.82, 2.24) is 24.8 Å². The number of benzene rings is 1. The predicted octanol–water partition coefficient (Wildman–Crippen LogP) is 4.06. The molecule has 0 atom stereocenters. The third kappa shape index (κ3) is 5.05. The maximum atomic E-state index is 12.9. The maximum Gasteiger partial charge on any atom is 0.433 e. The molecule has 0 bridgehead atoms. The van der Waals surface area contributed by atoms with Gasteiger partial charge in [0.1, 0.15) is 5.69 Å². The van der Waals surface area contributed by atoms with Gasteiger partial charge in [0.05, 0.1) is 4.88 Å². The van der Waals surface area contributed by atoms with Crippen LogP contribution >= 0.6 is 11.3 Å². The standard InChI is InChI=1S/C21H21F3N6OS/c1-13-9-14(11-15(10-13)27-20-25-4-3-17(28-20)21(22,23)24)16-12-26-18(32-16)19(31)30-7-5-29(2)6-8-30/h3-4,9-12H,5-8H2,1-2H3,(H,25,27,28). The second-order valence-electron chi connectivity index (χ2n) is 7.60. The molecule has 0 saturated carbocycles. The summed E-state index contributed by atoms with van der Waals surface area (Å²) in [6, 6.07) is 6.30. The number of likely N-dealkylation sites (N-methyl/N-ethyl adjacent to an activating group) is 1. The highest BCUT2D eigenvalue weighted by Gasteiger charge is 2.32. The van der Waals surface area contributed by atoms with E-state index >= 15 is 0 Å². The third-order valence-electron chi connectivity index (χ3n) is 5.04. The summed E-state index contributed by atoms with van der Waals surface area (Å²) in [7, 11) is 2.02. The zero-order valence-electron chi connectivity index (χ0n) is 17.5. The largest absolute Gasteiger partial charge is 0.433 e. The SMILES string of the molecule is Cc1cc(Nc2nccc(C(F)(F)F)n2)cc(-c2cnc(C(=O)N3CCN(C)CC3)s2)c1. The summed E-state index contributed by atoms with van der Waals surface area (Å²) in [6.07, 6.45) is -1.84. The molecule has 1 N–H and O–H groups in total. The molecule has 32 heavy (non-hydrogen) atoms. The molecule has 0 unspecified atom stereocenters. The molecule has 7 nitrogen and oxygen atoms in total. The summed E-state index contributed by atoms with van der Waals surface area (Å²) in [5.41, 5.74) is 1.21. The number of aromatic nitrogens is 3.